The van der Waals surface area contributed by atoms with Crippen molar-refractivity contribution in [1.29, 1.82) is 0 Å². The highest BCUT2D eigenvalue weighted by molar-refractivity contribution is 8.13. The molecule has 5 heteroatoms. The number of carbonyl (C=O) groups is 2. The molecule has 2 atom stereocenters. The molecule has 0 aliphatic heterocycles. The highest BCUT2D eigenvalue weighted by Gasteiger charge is 2.27. The lowest BCUT2D eigenvalue weighted by molar-refractivity contribution is -0.143. The average molecular weight is 324 g/mol. The van der Waals surface area contributed by atoms with Crippen molar-refractivity contribution in [2.24, 2.45) is 5.92 Å². The maximum atomic E-state index is 12.2. The van der Waals surface area contributed by atoms with E-state index < -0.39 is 12.0 Å². The summed E-state index contributed by atoms with van der Waals surface area (Å²) in [6.45, 7) is 3.97. The highest BCUT2D eigenvalue weighted by Crippen LogP contribution is 2.23. The van der Waals surface area contributed by atoms with E-state index in [0.717, 1.165) is 5.56 Å². The number of hydrogen-bond donors (Lipinski definition) is 1. The van der Waals surface area contributed by atoms with Crippen LogP contribution in [0.4, 0.5) is 0 Å². The van der Waals surface area contributed by atoms with Gasteiger partial charge in [-0.15, -0.1) is 0 Å². The molecule has 1 rings (SSSR count). The molecule has 22 heavy (non-hydrogen) atoms. The Kier molecular flexibility index (Phi) is 8.85. The maximum absolute atomic E-state index is 12.2. The van der Waals surface area contributed by atoms with Crippen LogP contribution in [0.2, 0.25) is 0 Å². The molecule has 0 aliphatic rings. The van der Waals surface area contributed by atoms with E-state index in [1.54, 1.807) is 6.92 Å². The number of hydrogen-bond acceptors (Lipinski definition) is 5. The Morgan fingerprint density at radius 2 is 1.91 bits per heavy atom. The Morgan fingerprint density at radius 1 is 1.23 bits per heavy atom. The van der Waals surface area contributed by atoms with Gasteiger partial charge >= 0.3 is 5.97 Å². The summed E-state index contributed by atoms with van der Waals surface area (Å²) in [5.41, 5.74) is 0.977. The maximum Gasteiger partial charge on any atom is 0.305 e. The molecule has 0 unspecified atom stereocenters. The Balaban J connectivity index is 2.67. The summed E-state index contributed by atoms with van der Waals surface area (Å²) < 4.78 is 4.89. The van der Waals surface area contributed by atoms with Crippen molar-refractivity contribution >= 4 is 22.8 Å². The van der Waals surface area contributed by atoms with E-state index in [2.05, 4.69) is 0 Å². The average Bonchev–Trinajstić information content (AvgIpc) is 2.49. The summed E-state index contributed by atoms with van der Waals surface area (Å²) >= 11 is 1.19. The normalized spacial score (nSPS) is 13.4. The van der Waals surface area contributed by atoms with Gasteiger partial charge in [0.15, 0.2) is 5.12 Å². The number of ether oxygens (including phenoxy) is 1. The third-order valence-electron chi connectivity index (χ3n) is 3.31. The summed E-state index contributed by atoms with van der Waals surface area (Å²) in [7, 11) is 0. The monoisotopic (exact) mass is 324 g/mol. The molecule has 0 amide bonds. The van der Waals surface area contributed by atoms with Crippen molar-refractivity contribution < 1.29 is 19.4 Å². The zero-order valence-electron chi connectivity index (χ0n) is 13.2. The predicted molar refractivity (Wildman–Crippen MR) is 88.6 cm³/mol. The number of rotatable bonds is 9. The van der Waals surface area contributed by atoms with Crippen molar-refractivity contribution in [2.75, 3.05) is 12.4 Å². The molecule has 0 aromatic heterocycles. The van der Waals surface area contributed by atoms with Crippen LogP contribution in [-0.2, 0) is 20.7 Å². The van der Waals surface area contributed by atoms with Crippen LogP contribution < -0.4 is 0 Å². The molecule has 0 saturated heterocycles. The van der Waals surface area contributed by atoms with Crippen LogP contribution in [0.1, 0.15) is 32.3 Å². The first-order valence-electron chi connectivity index (χ1n) is 7.62. The second kappa shape index (κ2) is 10.4. The first-order chi connectivity index (χ1) is 10.6. The van der Waals surface area contributed by atoms with Gasteiger partial charge in [-0.2, -0.15) is 0 Å². The largest absolute Gasteiger partial charge is 0.466 e. The standard InChI is InChI=1S/C17H24O4S/c1-3-21-16(19)11-10-14(17(20)22-4-2)15(18)12-13-8-6-5-7-9-13/h5-9,14-15,18H,3-4,10-12H2,1-2H3/t14-,15+/m0/s1. The van der Waals surface area contributed by atoms with Crippen LogP contribution in [0.5, 0.6) is 0 Å². The first kappa shape index (κ1) is 18.7. The molecule has 122 valence electrons. The number of aliphatic hydroxyl groups is 1. The minimum absolute atomic E-state index is 0.0600. The van der Waals surface area contributed by atoms with Gasteiger partial charge in [0.05, 0.1) is 18.6 Å². The lowest BCUT2D eigenvalue weighted by atomic mass is 9.93. The van der Waals surface area contributed by atoms with E-state index in [0.29, 0.717) is 25.2 Å². The lowest BCUT2D eigenvalue weighted by Crippen LogP contribution is -2.29. The van der Waals surface area contributed by atoms with Crippen LogP contribution in [0.25, 0.3) is 0 Å². The lowest BCUT2D eigenvalue weighted by Gasteiger charge is -2.21. The van der Waals surface area contributed by atoms with Crippen LogP contribution in [0, 0.1) is 5.92 Å². The van der Waals surface area contributed by atoms with Crippen LogP contribution >= 0.6 is 11.8 Å². The molecule has 1 N–H and O–H groups in total. The van der Waals surface area contributed by atoms with Gasteiger partial charge < -0.3 is 9.84 Å². The van der Waals surface area contributed by atoms with Crippen molar-refractivity contribution in [3.05, 3.63) is 35.9 Å². The smallest absolute Gasteiger partial charge is 0.305 e. The molecular formula is C17H24O4S. The second-order valence-corrected chi connectivity index (χ2v) is 6.23. The molecule has 1 aromatic rings. The van der Waals surface area contributed by atoms with Crippen molar-refractivity contribution in [3.8, 4) is 0 Å². The molecule has 0 fully saturated rings. The van der Waals surface area contributed by atoms with E-state index in [4.69, 9.17) is 4.74 Å². The van der Waals surface area contributed by atoms with E-state index >= 15 is 0 Å². The minimum atomic E-state index is -0.789. The fourth-order valence-corrected chi connectivity index (χ4v) is 2.99. The molecule has 0 saturated carbocycles. The molecular weight excluding hydrogens is 300 g/mol. The Hall–Kier alpha value is -1.33. The van der Waals surface area contributed by atoms with Gasteiger partial charge in [0.2, 0.25) is 0 Å². The van der Waals surface area contributed by atoms with Gasteiger partial charge in [-0.05, 0) is 31.1 Å². The SMILES string of the molecule is CCOC(=O)CC[C@H](C(=O)SCC)[C@H](O)Cc1ccccc1. The minimum Gasteiger partial charge on any atom is -0.466 e. The number of thioether (sulfide) groups is 1. The summed E-state index contributed by atoms with van der Waals surface area (Å²) in [4.78, 5) is 23.7. The Morgan fingerprint density at radius 3 is 2.50 bits per heavy atom. The quantitative estimate of drug-likeness (QED) is 0.708. The van der Waals surface area contributed by atoms with Gasteiger partial charge in [-0.3, -0.25) is 9.59 Å². The van der Waals surface area contributed by atoms with Crippen molar-refractivity contribution in [3.63, 3.8) is 0 Å². The van der Waals surface area contributed by atoms with E-state index in [9.17, 15) is 14.7 Å². The summed E-state index contributed by atoms with van der Waals surface area (Å²) in [5, 5.41) is 10.4. The number of esters is 1. The first-order valence-corrected chi connectivity index (χ1v) is 8.61. The third kappa shape index (κ3) is 6.62. The molecule has 0 radical (unpaired) electrons. The van der Waals surface area contributed by atoms with Crippen LogP contribution in [0.15, 0.2) is 30.3 Å². The molecule has 0 spiro atoms. The summed E-state index contributed by atoms with van der Waals surface area (Å²) in [6.07, 6.45) is 0.0898. The van der Waals surface area contributed by atoms with E-state index in [1.165, 1.54) is 11.8 Å². The highest BCUT2D eigenvalue weighted by atomic mass is 32.2. The number of aliphatic hydroxyl groups excluding tert-OH is 1. The van der Waals surface area contributed by atoms with Gasteiger partial charge in [-0.25, -0.2) is 0 Å². The van der Waals surface area contributed by atoms with Gasteiger partial charge in [-0.1, -0.05) is 49.0 Å². The summed E-state index contributed by atoms with van der Waals surface area (Å²) in [5.74, 6) is -0.212. The fraction of sp³-hybridized carbons (Fsp3) is 0.529. The van der Waals surface area contributed by atoms with Crippen LogP contribution in [0.3, 0.4) is 0 Å². The van der Waals surface area contributed by atoms with Gasteiger partial charge in [0.25, 0.3) is 0 Å². The molecule has 4 nitrogen and oxygen atoms in total. The Bertz CT molecular complexity index is 461. The Labute approximate surface area is 136 Å². The van der Waals surface area contributed by atoms with Crippen LogP contribution in [-0.4, -0.2) is 34.7 Å². The zero-order chi connectivity index (χ0) is 16.4. The van der Waals surface area contributed by atoms with E-state index in [-0.39, 0.29) is 17.5 Å². The zero-order valence-corrected chi connectivity index (χ0v) is 14.0. The second-order valence-electron chi connectivity index (χ2n) is 4.96. The fourth-order valence-electron chi connectivity index (χ4n) is 2.22. The number of benzene rings is 1. The molecule has 0 bridgehead atoms. The van der Waals surface area contributed by atoms with E-state index in [1.807, 2.05) is 37.3 Å². The molecule has 1 aromatic carbocycles. The topological polar surface area (TPSA) is 63.6 Å². The predicted octanol–water partition coefficient (Wildman–Crippen LogP) is 2.83. The third-order valence-corrected chi connectivity index (χ3v) is 4.18. The number of carbonyl (C=O) groups excluding carboxylic acids is 2. The van der Waals surface area contributed by atoms with Crippen molar-refractivity contribution in [2.45, 2.75) is 39.2 Å². The van der Waals surface area contributed by atoms with Gasteiger partial charge in [0.1, 0.15) is 0 Å². The van der Waals surface area contributed by atoms with Crippen molar-refractivity contribution in [1.82, 2.24) is 0 Å². The van der Waals surface area contributed by atoms with Gasteiger partial charge in [0, 0.05) is 6.42 Å². The summed E-state index contributed by atoms with van der Waals surface area (Å²) in [6, 6.07) is 9.55. The molecule has 0 aliphatic carbocycles. The molecule has 0 heterocycles.